The van der Waals surface area contributed by atoms with Crippen LogP contribution in [0.1, 0.15) is 11.3 Å². The molecule has 2 rings (SSSR count). The minimum absolute atomic E-state index is 0.0601. The number of aryl methyl sites for hydroxylation is 1. The highest BCUT2D eigenvalue weighted by atomic mass is 79.9. The number of rotatable bonds is 2. The third-order valence-electron chi connectivity index (χ3n) is 2.41. The van der Waals surface area contributed by atoms with Crippen molar-refractivity contribution in [3.05, 3.63) is 40.0 Å². The van der Waals surface area contributed by atoms with Gasteiger partial charge in [-0.1, -0.05) is 15.9 Å². The molecule has 0 unspecified atom stereocenters. The second kappa shape index (κ2) is 5.28. The van der Waals surface area contributed by atoms with E-state index < -0.39 is 11.9 Å². The van der Waals surface area contributed by atoms with Gasteiger partial charge >= 0.3 is 6.18 Å². The molecule has 0 bridgehead atoms. The van der Waals surface area contributed by atoms with Crippen molar-refractivity contribution in [3.8, 4) is 11.6 Å². The molecule has 0 atom stereocenters. The van der Waals surface area contributed by atoms with Crippen LogP contribution in [0.25, 0.3) is 0 Å². The summed E-state index contributed by atoms with van der Waals surface area (Å²) in [7, 11) is 0. The van der Waals surface area contributed by atoms with Crippen molar-refractivity contribution in [3.63, 3.8) is 0 Å². The van der Waals surface area contributed by atoms with Gasteiger partial charge in [0.05, 0.1) is 5.69 Å². The molecule has 0 aliphatic rings. The molecular formula is C12H9BrF3N3O. The summed E-state index contributed by atoms with van der Waals surface area (Å²) in [5.74, 6) is 0.275. The summed E-state index contributed by atoms with van der Waals surface area (Å²) in [5.41, 5.74) is 5.77. The Hall–Kier alpha value is -1.83. The van der Waals surface area contributed by atoms with Crippen molar-refractivity contribution in [1.29, 1.82) is 0 Å². The number of ether oxygens (including phenoxy) is 1. The van der Waals surface area contributed by atoms with Crippen LogP contribution in [-0.2, 0) is 6.18 Å². The van der Waals surface area contributed by atoms with Gasteiger partial charge in [-0.05, 0) is 30.7 Å². The van der Waals surface area contributed by atoms with Crippen LogP contribution in [0, 0.1) is 6.92 Å². The third-order valence-corrected chi connectivity index (χ3v) is 2.86. The number of benzene rings is 1. The summed E-state index contributed by atoms with van der Waals surface area (Å²) in [6.45, 7) is 1.76. The van der Waals surface area contributed by atoms with Gasteiger partial charge in [0.2, 0.25) is 5.88 Å². The lowest BCUT2D eigenvalue weighted by molar-refractivity contribution is -0.141. The zero-order chi connectivity index (χ0) is 14.9. The Morgan fingerprint density at radius 2 is 1.90 bits per heavy atom. The van der Waals surface area contributed by atoms with Crippen molar-refractivity contribution in [2.45, 2.75) is 13.1 Å². The van der Waals surface area contributed by atoms with E-state index in [-0.39, 0.29) is 5.88 Å². The highest BCUT2D eigenvalue weighted by Gasteiger charge is 2.33. The molecule has 0 saturated carbocycles. The van der Waals surface area contributed by atoms with Crippen LogP contribution in [0.3, 0.4) is 0 Å². The average molecular weight is 348 g/mol. The Balaban J connectivity index is 2.27. The van der Waals surface area contributed by atoms with E-state index in [0.29, 0.717) is 11.4 Å². The Morgan fingerprint density at radius 3 is 2.40 bits per heavy atom. The molecule has 0 spiro atoms. The van der Waals surface area contributed by atoms with E-state index in [0.717, 1.165) is 22.2 Å². The fourth-order valence-corrected chi connectivity index (χ4v) is 2.12. The van der Waals surface area contributed by atoms with Crippen molar-refractivity contribution in [2.75, 3.05) is 5.73 Å². The Kier molecular flexibility index (Phi) is 3.85. The predicted octanol–water partition coefficient (Wildman–Crippen LogP) is 3.94. The van der Waals surface area contributed by atoms with E-state index in [1.165, 1.54) is 0 Å². The predicted molar refractivity (Wildman–Crippen MR) is 70.4 cm³/mol. The van der Waals surface area contributed by atoms with Crippen LogP contribution in [-0.4, -0.2) is 10.2 Å². The Labute approximate surface area is 120 Å². The topological polar surface area (TPSA) is 61.0 Å². The lowest BCUT2D eigenvalue weighted by Crippen LogP contribution is -2.09. The average Bonchev–Trinajstić information content (AvgIpc) is 2.33. The van der Waals surface area contributed by atoms with Gasteiger partial charge in [-0.2, -0.15) is 13.2 Å². The van der Waals surface area contributed by atoms with E-state index in [1.54, 1.807) is 19.1 Å². The van der Waals surface area contributed by atoms with Crippen molar-refractivity contribution < 1.29 is 17.9 Å². The molecule has 106 valence electrons. The minimum Gasteiger partial charge on any atom is -0.435 e. The maximum absolute atomic E-state index is 12.4. The molecule has 0 aliphatic carbocycles. The minimum atomic E-state index is -4.53. The smallest absolute Gasteiger partial charge is 0.435 e. The molecule has 1 heterocycles. The summed E-state index contributed by atoms with van der Waals surface area (Å²) in [4.78, 5) is 0. The lowest BCUT2D eigenvalue weighted by atomic mass is 10.2. The third kappa shape index (κ3) is 3.19. The van der Waals surface area contributed by atoms with Crippen LogP contribution in [0.4, 0.5) is 18.9 Å². The van der Waals surface area contributed by atoms with Crippen LogP contribution in [0.5, 0.6) is 11.6 Å². The number of alkyl halides is 3. The molecule has 2 N–H and O–H groups in total. The number of nitrogen functional groups attached to an aromatic ring is 1. The molecule has 0 fully saturated rings. The highest BCUT2D eigenvalue weighted by molar-refractivity contribution is 9.10. The van der Waals surface area contributed by atoms with Gasteiger partial charge in [-0.15, -0.1) is 10.2 Å². The summed E-state index contributed by atoms with van der Waals surface area (Å²) in [5, 5.41) is 6.46. The van der Waals surface area contributed by atoms with Gasteiger partial charge in [-0.3, -0.25) is 0 Å². The zero-order valence-corrected chi connectivity index (χ0v) is 11.8. The number of aromatic nitrogens is 2. The number of nitrogens with zero attached hydrogens (tertiary/aromatic N) is 2. The van der Waals surface area contributed by atoms with Crippen LogP contribution >= 0.6 is 15.9 Å². The Bertz CT molecular complexity index is 606. The molecule has 1 aromatic carbocycles. The SMILES string of the molecule is Cc1cc(Br)cc(N)c1Oc1ccc(C(F)(F)F)nn1. The van der Waals surface area contributed by atoms with Gasteiger partial charge in [0.25, 0.3) is 0 Å². The normalized spacial score (nSPS) is 11.4. The monoisotopic (exact) mass is 347 g/mol. The molecule has 2 aromatic rings. The standard InChI is InChI=1S/C12H9BrF3N3O/c1-6-4-7(13)5-8(17)11(6)20-10-3-2-9(18-19-10)12(14,15)16/h2-5H,17H2,1H3. The maximum atomic E-state index is 12.4. The van der Waals surface area contributed by atoms with E-state index in [9.17, 15) is 13.2 Å². The molecule has 20 heavy (non-hydrogen) atoms. The summed E-state index contributed by atoms with van der Waals surface area (Å²) in [6, 6.07) is 5.28. The number of halogens is 4. The molecule has 0 saturated heterocycles. The molecule has 1 aromatic heterocycles. The molecule has 0 aliphatic heterocycles. The van der Waals surface area contributed by atoms with Gasteiger partial charge in [-0.25, -0.2) is 0 Å². The fraction of sp³-hybridized carbons (Fsp3) is 0.167. The van der Waals surface area contributed by atoms with Gasteiger partial charge in [0.15, 0.2) is 11.4 Å². The summed E-state index contributed by atoms with van der Waals surface area (Å²) in [6.07, 6.45) is -4.53. The first-order valence-corrected chi connectivity index (χ1v) is 6.21. The van der Waals surface area contributed by atoms with Crippen LogP contribution < -0.4 is 10.5 Å². The number of hydrogen-bond donors (Lipinski definition) is 1. The van der Waals surface area contributed by atoms with Crippen molar-refractivity contribution in [2.24, 2.45) is 0 Å². The van der Waals surface area contributed by atoms with Crippen molar-refractivity contribution in [1.82, 2.24) is 10.2 Å². The highest BCUT2D eigenvalue weighted by Crippen LogP contribution is 2.33. The quantitative estimate of drug-likeness (QED) is 0.835. The molecule has 0 radical (unpaired) electrons. The number of nitrogens with two attached hydrogens (primary N) is 1. The van der Waals surface area contributed by atoms with Crippen molar-refractivity contribution >= 4 is 21.6 Å². The first kappa shape index (κ1) is 14.6. The first-order valence-electron chi connectivity index (χ1n) is 5.42. The number of hydrogen-bond acceptors (Lipinski definition) is 4. The molecular weight excluding hydrogens is 339 g/mol. The van der Waals surface area contributed by atoms with Crippen LogP contribution in [0.15, 0.2) is 28.7 Å². The second-order valence-electron chi connectivity index (χ2n) is 4.00. The first-order chi connectivity index (χ1) is 9.27. The molecule has 0 amide bonds. The molecule has 4 nitrogen and oxygen atoms in total. The van der Waals surface area contributed by atoms with Gasteiger partial charge < -0.3 is 10.5 Å². The molecule has 8 heteroatoms. The summed E-state index contributed by atoms with van der Waals surface area (Å²) >= 11 is 3.28. The van der Waals surface area contributed by atoms with E-state index >= 15 is 0 Å². The second-order valence-corrected chi connectivity index (χ2v) is 4.91. The fourth-order valence-electron chi connectivity index (χ4n) is 1.53. The van der Waals surface area contributed by atoms with E-state index in [2.05, 4.69) is 26.1 Å². The number of anilines is 1. The van der Waals surface area contributed by atoms with Gasteiger partial charge in [0, 0.05) is 10.5 Å². The van der Waals surface area contributed by atoms with E-state index in [4.69, 9.17) is 10.5 Å². The van der Waals surface area contributed by atoms with E-state index in [1.807, 2.05) is 0 Å². The summed E-state index contributed by atoms with van der Waals surface area (Å²) < 4.78 is 43.2. The Morgan fingerprint density at radius 1 is 1.20 bits per heavy atom. The largest absolute Gasteiger partial charge is 0.435 e. The van der Waals surface area contributed by atoms with Crippen LogP contribution in [0.2, 0.25) is 0 Å². The zero-order valence-electron chi connectivity index (χ0n) is 10.2. The van der Waals surface area contributed by atoms with Gasteiger partial charge in [0.1, 0.15) is 0 Å². The maximum Gasteiger partial charge on any atom is 0.435 e. The lowest BCUT2D eigenvalue weighted by Gasteiger charge is -2.11.